The van der Waals surface area contributed by atoms with Crippen molar-refractivity contribution in [1.82, 2.24) is 29.5 Å². The second-order valence-electron chi connectivity index (χ2n) is 19.4. The van der Waals surface area contributed by atoms with Crippen LogP contribution in [0.4, 0.5) is 15.0 Å². The molecule has 1 saturated carbocycles. The van der Waals surface area contributed by atoms with Crippen molar-refractivity contribution in [3.05, 3.63) is 70.2 Å². The largest absolute Gasteiger partial charge is 0.486 e. The van der Waals surface area contributed by atoms with Crippen LogP contribution in [0, 0.1) is 18.7 Å². The number of ether oxygens (including phenoxy) is 5. The third-order valence-electron chi connectivity index (χ3n) is 14.7. The number of carbonyl (C=O) groups is 3. The summed E-state index contributed by atoms with van der Waals surface area (Å²) < 4.78 is 49.3. The second-order valence-corrected chi connectivity index (χ2v) is 19.4. The second kappa shape index (κ2) is 17.2. The molecule has 2 amide bonds. The van der Waals surface area contributed by atoms with Crippen molar-refractivity contribution < 1.29 is 47.6 Å². The number of fused-ring (bicyclic) bond motifs is 5. The number of amides is 2. The maximum absolute atomic E-state index is 16.7. The highest BCUT2D eigenvalue weighted by atomic mass is 19.1. The summed E-state index contributed by atoms with van der Waals surface area (Å²) in [6.07, 6.45) is 6.93. The van der Waals surface area contributed by atoms with E-state index in [1.807, 2.05) is 32.2 Å². The van der Waals surface area contributed by atoms with Crippen LogP contribution in [-0.2, 0) is 32.2 Å². The van der Waals surface area contributed by atoms with Gasteiger partial charge in [0.2, 0.25) is 0 Å². The number of rotatable bonds is 12. The van der Waals surface area contributed by atoms with Crippen LogP contribution >= 0.6 is 0 Å². The number of benzene rings is 3. The van der Waals surface area contributed by atoms with Crippen molar-refractivity contribution in [1.29, 1.82) is 0 Å². The molecule has 6 aliphatic rings. The number of aromatic nitrogens is 4. The van der Waals surface area contributed by atoms with Crippen LogP contribution in [0.3, 0.4) is 0 Å². The Bertz CT molecular complexity index is 2800. The minimum atomic E-state index is -0.929. The first-order chi connectivity index (χ1) is 32.5. The molecule has 3 aromatic carbocycles. The van der Waals surface area contributed by atoms with Gasteiger partial charge in [-0.05, 0) is 97.7 Å². The first-order valence-electron chi connectivity index (χ1n) is 23.8. The molecular formula is C50H56FN7O9. The van der Waals surface area contributed by atoms with E-state index in [4.69, 9.17) is 38.8 Å². The molecule has 5 aromatic rings. The molecule has 11 rings (SSSR count). The Kier molecular flexibility index (Phi) is 11.2. The Morgan fingerprint density at radius 1 is 0.970 bits per heavy atom. The third-order valence-corrected chi connectivity index (χ3v) is 14.7. The van der Waals surface area contributed by atoms with E-state index < -0.39 is 18.1 Å². The van der Waals surface area contributed by atoms with E-state index >= 15 is 4.39 Å². The fourth-order valence-electron chi connectivity index (χ4n) is 11.2. The van der Waals surface area contributed by atoms with Crippen molar-refractivity contribution in [2.24, 2.45) is 5.92 Å². The molecule has 5 aliphatic heterocycles. The van der Waals surface area contributed by atoms with Crippen molar-refractivity contribution in [2.75, 3.05) is 44.9 Å². The summed E-state index contributed by atoms with van der Waals surface area (Å²) >= 11 is 0. The molecule has 7 heterocycles. The van der Waals surface area contributed by atoms with Gasteiger partial charge in [-0.25, -0.2) is 18.7 Å². The number of likely N-dealkylation sites (tertiary alicyclic amines) is 1. The quantitative estimate of drug-likeness (QED) is 0.120. The molecule has 2 bridgehead atoms. The molecular weight excluding hydrogens is 862 g/mol. The molecule has 5 fully saturated rings. The molecule has 1 aliphatic carbocycles. The summed E-state index contributed by atoms with van der Waals surface area (Å²) in [4.78, 5) is 54.6. The maximum atomic E-state index is 16.7. The van der Waals surface area contributed by atoms with Gasteiger partial charge in [0.1, 0.15) is 35.9 Å². The molecule has 1 N–H and O–H groups in total. The lowest BCUT2D eigenvalue weighted by atomic mass is 9.88. The molecule has 4 atom stereocenters. The summed E-state index contributed by atoms with van der Waals surface area (Å²) in [7, 11) is 1.33. The number of halogens is 1. The number of methoxy groups -OCH3 is 1. The standard InChI is InChI=1S/C50H56FN7O9/c1-26(2)44(48(60)63-4)57-22-30-17-28(8-11-34(30)47(57)59)25-66-45-42(41-27(3)38(51)20-39-37(41)21-52-58(39)40-7-5-6-14-65-40)35(29-9-10-29)19-36-43(45)53-49(67-33-12-15-64-16-13-33)54-46(36)55-23-32-18-31(55)24-56(32)50(61)62/h8,11,17,19-21,26,29,31-33,40,44H,5-7,9-10,12-16,18,22-25H2,1-4H3,(H,61,62)/t31?,32?,40?,44-/m0/s1. The van der Waals surface area contributed by atoms with E-state index in [0.717, 1.165) is 65.1 Å². The van der Waals surface area contributed by atoms with E-state index in [9.17, 15) is 19.5 Å². The number of hydrogen-bond donors (Lipinski definition) is 1. The van der Waals surface area contributed by atoms with E-state index in [1.165, 1.54) is 12.0 Å². The molecule has 17 heteroatoms. The van der Waals surface area contributed by atoms with Gasteiger partial charge in [-0.2, -0.15) is 15.1 Å². The first kappa shape index (κ1) is 43.5. The minimum absolute atomic E-state index is 0.0620. The van der Waals surface area contributed by atoms with Crippen LogP contribution in [0.2, 0.25) is 0 Å². The number of piperazine rings is 1. The minimum Gasteiger partial charge on any atom is -0.486 e. The fraction of sp³-hybridized carbons (Fsp3) is 0.520. The molecule has 67 heavy (non-hydrogen) atoms. The smallest absolute Gasteiger partial charge is 0.407 e. The fourth-order valence-corrected chi connectivity index (χ4v) is 11.2. The van der Waals surface area contributed by atoms with Crippen LogP contribution < -0.4 is 14.4 Å². The van der Waals surface area contributed by atoms with E-state index in [2.05, 4.69) is 11.0 Å². The highest BCUT2D eigenvalue weighted by Gasteiger charge is 2.47. The lowest BCUT2D eigenvalue weighted by Gasteiger charge is -2.34. The average Bonchev–Trinajstić information content (AvgIpc) is 3.59. The highest BCUT2D eigenvalue weighted by Crippen LogP contribution is 2.54. The predicted octanol–water partition coefficient (Wildman–Crippen LogP) is 7.90. The molecule has 0 spiro atoms. The molecule has 0 radical (unpaired) electrons. The monoisotopic (exact) mass is 917 g/mol. The van der Waals surface area contributed by atoms with Gasteiger partial charge in [-0.1, -0.05) is 19.9 Å². The molecule has 3 unspecified atom stereocenters. The van der Waals surface area contributed by atoms with Crippen molar-refractivity contribution >= 4 is 45.6 Å². The Morgan fingerprint density at radius 2 is 1.79 bits per heavy atom. The van der Waals surface area contributed by atoms with Gasteiger partial charge in [0.25, 0.3) is 5.91 Å². The van der Waals surface area contributed by atoms with Gasteiger partial charge in [0, 0.05) is 72.6 Å². The Hall–Kier alpha value is -6.07. The van der Waals surface area contributed by atoms with Gasteiger partial charge < -0.3 is 43.5 Å². The SMILES string of the molecule is COC(=O)[C@H](C(C)C)N1Cc2cc(COc3c(-c4c(C)c(F)cc5c4cnn5C4CCCCO4)c(C4CC4)cc4c(N5CC6CC5CN6C(=O)O)nc(OC5CCOCC5)nc34)ccc2C1=O. The topological polar surface area (TPSA) is 171 Å². The summed E-state index contributed by atoms with van der Waals surface area (Å²) in [6, 6.07) is 8.44. The Labute approximate surface area is 387 Å². The maximum Gasteiger partial charge on any atom is 0.407 e. The third kappa shape index (κ3) is 7.67. The van der Waals surface area contributed by atoms with Crippen molar-refractivity contribution in [2.45, 2.75) is 122 Å². The van der Waals surface area contributed by atoms with Crippen LogP contribution in [0.1, 0.15) is 110 Å². The normalized spacial score (nSPS) is 22.3. The lowest BCUT2D eigenvalue weighted by Crippen LogP contribution is -2.48. The van der Waals surface area contributed by atoms with Gasteiger partial charge >= 0.3 is 18.1 Å². The summed E-state index contributed by atoms with van der Waals surface area (Å²) in [5.41, 5.74) is 6.01. The van der Waals surface area contributed by atoms with Gasteiger partial charge in [0.05, 0.1) is 44.1 Å². The van der Waals surface area contributed by atoms with E-state index in [0.29, 0.717) is 91.5 Å². The molecule has 16 nitrogen and oxygen atoms in total. The highest BCUT2D eigenvalue weighted by molar-refractivity contribution is 6.06. The van der Waals surface area contributed by atoms with E-state index in [1.54, 1.807) is 28.6 Å². The van der Waals surface area contributed by atoms with E-state index in [-0.39, 0.29) is 67.1 Å². The number of nitrogens with zero attached hydrogens (tertiary/aromatic N) is 7. The van der Waals surface area contributed by atoms with Crippen LogP contribution in [0.25, 0.3) is 32.9 Å². The van der Waals surface area contributed by atoms with Crippen LogP contribution in [0.15, 0.2) is 36.5 Å². The number of hydrogen-bond acceptors (Lipinski definition) is 12. The molecule has 352 valence electrons. The lowest BCUT2D eigenvalue weighted by molar-refractivity contribution is -0.147. The number of carbonyl (C=O) groups excluding carboxylic acids is 2. The predicted molar refractivity (Wildman–Crippen MR) is 244 cm³/mol. The zero-order valence-electron chi connectivity index (χ0n) is 38.3. The first-order valence-corrected chi connectivity index (χ1v) is 23.8. The zero-order chi connectivity index (χ0) is 46.2. The average molecular weight is 918 g/mol. The number of anilines is 1. The van der Waals surface area contributed by atoms with Crippen molar-refractivity contribution in [3.63, 3.8) is 0 Å². The zero-order valence-corrected chi connectivity index (χ0v) is 38.3. The number of esters is 1. The van der Waals surface area contributed by atoms with Gasteiger partial charge in [0.15, 0.2) is 12.0 Å². The summed E-state index contributed by atoms with van der Waals surface area (Å²) in [6.45, 7) is 8.40. The van der Waals surface area contributed by atoms with Crippen LogP contribution in [-0.4, -0.2) is 117 Å². The summed E-state index contributed by atoms with van der Waals surface area (Å²) in [5.74, 6) is -0.0146. The number of carboxylic acid groups (broad SMARTS) is 1. The Morgan fingerprint density at radius 3 is 2.49 bits per heavy atom. The summed E-state index contributed by atoms with van der Waals surface area (Å²) in [5, 5.41) is 16.4. The van der Waals surface area contributed by atoms with Gasteiger partial charge in [-0.3, -0.25) is 4.79 Å². The molecule has 2 aromatic heterocycles. The van der Waals surface area contributed by atoms with Crippen molar-refractivity contribution in [3.8, 4) is 22.9 Å². The van der Waals surface area contributed by atoms with Crippen LogP contribution in [0.5, 0.6) is 11.8 Å². The molecule has 4 saturated heterocycles. The Balaban J connectivity index is 1.09. The van der Waals surface area contributed by atoms with Gasteiger partial charge in [-0.15, -0.1) is 0 Å².